The molecule has 0 amide bonds. The standard InChI is InChI=1S/C13H24N2O/c1-11(14)6-3-4-8-15-12(2)10-13-7-5-9-16-13/h5,7,9,11-12,15H,3-4,6,8,10,14H2,1-2H3. The maximum atomic E-state index is 5.69. The number of unbranched alkanes of at least 4 members (excludes halogenated alkanes) is 1. The molecular formula is C13H24N2O. The molecule has 92 valence electrons. The molecule has 1 aromatic rings. The van der Waals surface area contributed by atoms with Crippen LogP contribution in [0.4, 0.5) is 0 Å². The average Bonchev–Trinajstić information content (AvgIpc) is 2.69. The van der Waals surface area contributed by atoms with Crippen LogP contribution in [0.3, 0.4) is 0 Å². The van der Waals surface area contributed by atoms with E-state index in [1.54, 1.807) is 6.26 Å². The van der Waals surface area contributed by atoms with Crippen molar-refractivity contribution in [3.8, 4) is 0 Å². The van der Waals surface area contributed by atoms with Crippen molar-refractivity contribution in [1.82, 2.24) is 5.32 Å². The Bertz CT molecular complexity index is 257. The third-order valence-electron chi connectivity index (χ3n) is 2.67. The zero-order valence-corrected chi connectivity index (χ0v) is 10.4. The van der Waals surface area contributed by atoms with Crippen LogP contribution in [0, 0.1) is 0 Å². The molecule has 0 saturated carbocycles. The van der Waals surface area contributed by atoms with Crippen LogP contribution in [0.2, 0.25) is 0 Å². The molecule has 0 aliphatic carbocycles. The lowest BCUT2D eigenvalue weighted by molar-refractivity contribution is 0.449. The SMILES string of the molecule is CC(N)CCCCNC(C)Cc1ccco1. The van der Waals surface area contributed by atoms with Gasteiger partial charge in [-0.2, -0.15) is 0 Å². The Kier molecular flexibility index (Phi) is 6.19. The molecular weight excluding hydrogens is 200 g/mol. The Balaban J connectivity index is 2.00. The molecule has 3 heteroatoms. The first-order chi connectivity index (χ1) is 7.68. The Labute approximate surface area is 98.4 Å². The summed E-state index contributed by atoms with van der Waals surface area (Å²) in [4.78, 5) is 0. The summed E-state index contributed by atoms with van der Waals surface area (Å²) in [5, 5.41) is 3.49. The van der Waals surface area contributed by atoms with Crippen molar-refractivity contribution in [1.29, 1.82) is 0 Å². The van der Waals surface area contributed by atoms with Crippen LogP contribution in [0.15, 0.2) is 22.8 Å². The monoisotopic (exact) mass is 224 g/mol. The summed E-state index contributed by atoms with van der Waals surface area (Å²) in [6.45, 7) is 5.32. The van der Waals surface area contributed by atoms with Gasteiger partial charge in [-0.05, 0) is 45.4 Å². The largest absolute Gasteiger partial charge is 0.469 e. The van der Waals surface area contributed by atoms with E-state index in [4.69, 9.17) is 10.2 Å². The highest BCUT2D eigenvalue weighted by Crippen LogP contribution is 2.04. The van der Waals surface area contributed by atoms with Crippen molar-refractivity contribution in [2.24, 2.45) is 5.73 Å². The van der Waals surface area contributed by atoms with Gasteiger partial charge in [-0.3, -0.25) is 0 Å². The maximum absolute atomic E-state index is 5.69. The quantitative estimate of drug-likeness (QED) is 0.666. The highest BCUT2D eigenvalue weighted by atomic mass is 16.3. The molecule has 1 heterocycles. The average molecular weight is 224 g/mol. The minimum Gasteiger partial charge on any atom is -0.469 e. The Hall–Kier alpha value is -0.800. The zero-order valence-electron chi connectivity index (χ0n) is 10.4. The van der Waals surface area contributed by atoms with Gasteiger partial charge in [-0.25, -0.2) is 0 Å². The molecule has 0 aliphatic rings. The lowest BCUT2D eigenvalue weighted by Crippen LogP contribution is -2.29. The van der Waals surface area contributed by atoms with Crippen molar-refractivity contribution in [3.05, 3.63) is 24.2 Å². The summed E-state index contributed by atoms with van der Waals surface area (Å²) >= 11 is 0. The first-order valence-corrected chi connectivity index (χ1v) is 6.20. The lowest BCUT2D eigenvalue weighted by Gasteiger charge is -2.12. The molecule has 1 rings (SSSR count). The van der Waals surface area contributed by atoms with E-state index in [-0.39, 0.29) is 0 Å². The number of furan rings is 1. The van der Waals surface area contributed by atoms with Gasteiger partial charge in [-0.1, -0.05) is 6.42 Å². The van der Waals surface area contributed by atoms with Gasteiger partial charge >= 0.3 is 0 Å². The summed E-state index contributed by atoms with van der Waals surface area (Å²) in [5.74, 6) is 1.05. The van der Waals surface area contributed by atoms with Gasteiger partial charge in [0.25, 0.3) is 0 Å². The first kappa shape index (κ1) is 13.3. The Morgan fingerprint density at radius 3 is 2.81 bits per heavy atom. The number of rotatable bonds is 8. The lowest BCUT2D eigenvalue weighted by atomic mass is 10.1. The number of hydrogen-bond acceptors (Lipinski definition) is 3. The Morgan fingerprint density at radius 2 is 2.19 bits per heavy atom. The molecule has 2 unspecified atom stereocenters. The molecule has 16 heavy (non-hydrogen) atoms. The molecule has 3 N–H and O–H groups in total. The van der Waals surface area contributed by atoms with E-state index in [2.05, 4.69) is 19.2 Å². The van der Waals surface area contributed by atoms with Crippen molar-refractivity contribution in [3.63, 3.8) is 0 Å². The van der Waals surface area contributed by atoms with Gasteiger partial charge < -0.3 is 15.5 Å². The van der Waals surface area contributed by atoms with E-state index >= 15 is 0 Å². The van der Waals surface area contributed by atoms with Crippen LogP contribution >= 0.6 is 0 Å². The molecule has 0 aliphatic heterocycles. The van der Waals surface area contributed by atoms with Crippen molar-refractivity contribution < 1.29 is 4.42 Å². The zero-order chi connectivity index (χ0) is 11.8. The number of hydrogen-bond donors (Lipinski definition) is 2. The summed E-state index contributed by atoms with van der Waals surface area (Å²) in [7, 11) is 0. The normalized spacial score (nSPS) is 14.9. The maximum Gasteiger partial charge on any atom is 0.105 e. The second-order valence-electron chi connectivity index (χ2n) is 4.61. The fourth-order valence-electron chi connectivity index (χ4n) is 1.74. The second-order valence-corrected chi connectivity index (χ2v) is 4.61. The van der Waals surface area contributed by atoms with Crippen LogP contribution in [0.1, 0.15) is 38.9 Å². The van der Waals surface area contributed by atoms with E-state index < -0.39 is 0 Å². The summed E-state index contributed by atoms with van der Waals surface area (Å²) in [6.07, 6.45) is 6.21. The summed E-state index contributed by atoms with van der Waals surface area (Å²) in [6, 6.07) is 4.76. The minimum absolute atomic E-state index is 0.334. The topological polar surface area (TPSA) is 51.2 Å². The number of nitrogens with one attached hydrogen (secondary N) is 1. The van der Waals surface area contributed by atoms with E-state index in [0.717, 1.165) is 25.1 Å². The van der Waals surface area contributed by atoms with Gasteiger partial charge in [0.15, 0.2) is 0 Å². The highest BCUT2D eigenvalue weighted by Gasteiger charge is 2.04. The van der Waals surface area contributed by atoms with Crippen LogP contribution in [-0.2, 0) is 6.42 Å². The van der Waals surface area contributed by atoms with E-state index in [1.165, 1.54) is 12.8 Å². The van der Waals surface area contributed by atoms with Gasteiger partial charge in [0.05, 0.1) is 6.26 Å². The second kappa shape index (κ2) is 7.47. The van der Waals surface area contributed by atoms with Gasteiger partial charge in [0, 0.05) is 18.5 Å². The molecule has 0 radical (unpaired) electrons. The van der Waals surface area contributed by atoms with Gasteiger partial charge in [-0.15, -0.1) is 0 Å². The molecule has 1 aromatic heterocycles. The first-order valence-electron chi connectivity index (χ1n) is 6.20. The third kappa shape index (κ3) is 5.93. The van der Waals surface area contributed by atoms with Crippen LogP contribution in [0.25, 0.3) is 0 Å². The molecule has 0 saturated heterocycles. The van der Waals surface area contributed by atoms with Crippen molar-refractivity contribution in [2.45, 2.75) is 51.6 Å². The van der Waals surface area contributed by atoms with E-state index in [0.29, 0.717) is 12.1 Å². The number of nitrogens with two attached hydrogens (primary N) is 1. The van der Waals surface area contributed by atoms with Crippen molar-refractivity contribution in [2.75, 3.05) is 6.54 Å². The van der Waals surface area contributed by atoms with Crippen LogP contribution < -0.4 is 11.1 Å². The predicted molar refractivity (Wildman–Crippen MR) is 67.4 cm³/mol. The van der Waals surface area contributed by atoms with Crippen LogP contribution in [-0.4, -0.2) is 18.6 Å². The Morgan fingerprint density at radius 1 is 1.38 bits per heavy atom. The van der Waals surface area contributed by atoms with Gasteiger partial charge in [0.2, 0.25) is 0 Å². The van der Waals surface area contributed by atoms with E-state index in [9.17, 15) is 0 Å². The van der Waals surface area contributed by atoms with Crippen molar-refractivity contribution >= 4 is 0 Å². The van der Waals surface area contributed by atoms with Crippen LogP contribution in [0.5, 0.6) is 0 Å². The molecule has 3 nitrogen and oxygen atoms in total. The smallest absolute Gasteiger partial charge is 0.105 e. The molecule has 0 spiro atoms. The molecule has 0 aromatic carbocycles. The molecule has 0 fully saturated rings. The summed E-state index contributed by atoms with van der Waals surface area (Å²) in [5.41, 5.74) is 5.69. The fourth-order valence-corrected chi connectivity index (χ4v) is 1.74. The van der Waals surface area contributed by atoms with Gasteiger partial charge in [0.1, 0.15) is 5.76 Å². The fraction of sp³-hybridized carbons (Fsp3) is 0.692. The summed E-state index contributed by atoms with van der Waals surface area (Å²) < 4.78 is 5.31. The predicted octanol–water partition coefficient (Wildman–Crippen LogP) is 2.32. The molecule has 0 bridgehead atoms. The third-order valence-corrected chi connectivity index (χ3v) is 2.67. The van der Waals surface area contributed by atoms with E-state index in [1.807, 2.05) is 12.1 Å². The highest BCUT2D eigenvalue weighted by molar-refractivity contribution is 4.99. The minimum atomic E-state index is 0.334. The molecule has 2 atom stereocenters.